The fraction of sp³-hybridized carbons (Fsp3) is 0.222. The number of anilines is 1. The zero-order chi connectivity index (χ0) is 19.3. The summed E-state index contributed by atoms with van der Waals surface area (Å²) in [6.07, 6.45) is -4.80. The molecule has 3 N–H and O–H groups in total. The minimum Gasteiger partial charge on any atom is -0.406 e. The molecule has 0 saturated heterocycles. The number of nitrogens with one attached hydrogen (secondary N) is 1. The molecule has 26 heavy (non-hydrogen) atoms. The second kappa shape index (κ2) is 7.90. The standard InChI is InChI=1S/C18H17F3N2O3/c1-11-6-8-13(10-14(11)17(22)25)23-16(24)9-7-12-4-2-3-5-15(12)26-18(19,20)21/h2-6,8,10H,7,9H2,1H3,(H2,22,25)(H,23,24). The van der Waals surface area contributed by atoms with Crippen LogP contribution in [0.3, 0.4) is 0 Å². The summed E-state index contributed by atoms with van der Waals surface area (Å²) in [5.74, 6) is -1.36. The SMILES string of the molecule is Cc1ccc(NC(=O)CCc2ccccc2OC(F)(F)F)cc1C(N)=O. The van der Waals surface area contributed by atoms with E-state index in [1.54, 1.807) is 25.1 Å². The molecule has 2 rings (SSSR count). The number of carbonyl (C=O) groups is 2. The van der Waals surface area contributed by atoms with Crippen molar-refractivity contribution in [2.45, 2.75) is 26.1 Å². The number of para-hydroxylation sites is 1. The average molecular weight is 366 g/mol. The molecule has 0 aliphatic carbocycles. The van der Waals surface area contributed by atoms with Crippen molar-refractivity contribution in [2.24, 2.45) is 5.73 Å². The summed E-state index contributed by atoms with van der Waals surface area (Å²) in [6, 6.07) is 10.3. The number of nitrogens with two attached hydrogens (primary N) is 1. The highest BCUT2D eigenvalue weighted by molar-refractivity contribution is 5.97. The van der Waals surface area contributed by atoms with Gasteiger partial charge >= 0.3 is 6.36 Å². The van der Waals surface area contributed by atoms with Crippen LogP contribution in [-0.2, 0) is 11.2 Å². The van der Waals surface area contributed by atoms with Crippen LogP contribution in [0.5, 0.6) is 5.75 Å². The summed E-state index contributed by atoms with van der Waals surface area (Å²) in [7, 11) is 0. The highest BCUT2D eigenvalue weighted by Gasteiger charge is 2.31. The Bertz CT molecular complexity index is 820. The van der Waals surface area contributed by atoms with Crippen LogP contribution >= 0.6 is 0 Å². The molecule has 2 aromatic carbocycles. The topological polar surface area (TPSA) is 81.4 Å². The van der Waals surface area contributed by atoms with Gasteiger partial charge in [-0.05, 0) is 42.7 Å². The number of halogens is 3. The van der Waals surface area contributed by atoms with E-state index in [9.17, 15) is 22.8 Å². The first-order valence-corrected chi connectivity index (χ1v) is 7.69. The van der Waals surface area contributed by atoms with Gasteiger partial charge in [0.1, 0.15) is 5.75 Å². The Hall–Kier alpha value is -3.03. The predicted octanol–water partition coefficient (Wildman–Crippen LogP) is 3.56. The van der Waals surface area contributed by atoms with Crippen LogP contribution in [0.4, 0.5) is 18.9 Å². The lowest BCUT2D eigenvalue weighted by Crippen LogP contribution is -2.19. The van der Waals surface area contributed by atoms with Gasteiger partial charge in [0.15, 0.2) is 0 Å². The van der Waals surface area contributed by atoms with E-state index in [-0.39, 0.29) is 29.7 Å². The van der Waals surface area contributed by atoms with Gasteiger partial charge in [-0.1, -0.05) is 24.3 Å². The number of primary amides is 1. The van der Waals surface area contributed by atoms with Crippen molar-refractivity contribution in [1.82, 2.24) is 0 Å². The largest absolute Gasteiger partial charge is 0.573 e. The van der Waals surface area contributed by atoms with Crippen molar-refractivity contribution >= 4 is 17.5 Å². The maximum atomic E-state index is 12.4. The molecule has 2 aromatic rings. The number of carbonyl (C=O) groups excluding carboxylic acids is 2. The fourth-order valence-corrected chi connectivity index (χ4v) is 2.37. The van der Waals surface area contributed by atoms with Gasteiger partial charge < -0.3 is 15.8 Å². The van der Waals surface area contributed by atoms with Gasteiger partial charge in [-0.15, -0.1) is 13.2 Å². The maximum absolute atomic E-state index is 12.4. The Morgan fingerprint density at radius 3 is 2.50 bits per heavy atom. The first-order valence-electron chi connectivity index (χ1n) is 7.69. The predicted molar refractivity (Wildman–Crippen MR) is 89.8 cm³/mol. The molecule has 0 bridgehead atoms. The number of aryl methyl sites for hydroxylation is 2. The lowest BCUT2D eigenvalue weighted by molar-refractivity contribution is -0.274. The Balaban J connectivity index is 2.02. The molecule has 0 aliphatic heterocycles. The molecule has 5 nitrogen and oxygen atoms in total. The quantitative estimate of drug-likeness (QED) is 0.820. The molecular formula is C18H17F3N2O3. The fourth-order valence-electron chi connectivity index (χ4n) is 2.37. The van der Waals surface area contributed by atoms with Crippen LogP contribution in [0.1, 0.15) is 27.9 Å². The summed E-state index contributed by atoms with van der Waals surface area (Å²) >= 11 is 0. The molecule has 0 radical (unpaired) electrons. The zero-order valence-corrected chi connectivity index (χ0v) is 13.9. The molecule has 8 heteroatoms. The maximum Gasteiger partial charge on any atom is 0.573 e. The van der Waals surface area contributed by atoms with Crippen LogP contribution in [0.25, 0.3) is 0 Å². The zero-order valence-electron chi connectivity index (χ0n) is 13.9. The molecule has 138 valence electrons. The second-order valence-electron chi connectivity index (χ2n) is 5.60. The third-order valence-electron chi connectivity index (χ3n) is 3.61. The first-order chi connectivity index (χ1) is 12.2. The normalized spacial score (nSPS) is 11.1. The number of benzene rings is 2. The third-order valence-corrected chi connectivity index (χ3v) is 3.61. The van der Waals surface area contributed by atoms with E-state index in [2.05, 4.69) is 10.1 Å². The molecule has 0 saturated carbocycles. The number of rotatable bonds is 6. The van der Waals surface area contributed by atoms with Crippen molar-refractivity contribution in [3.63, 3.8) is 0 Å². The summed E-state index contributed by atoms with van der Waals surface area (Å²) in [4.78, 5) is 23.4. The highest BCUT2D eigenvalue weighted by atomic mass is 19.4. The molecule has 0 aliphatic rings. The highest BCUT2D eigenvalue weighted by Crippen LogP contribution is 2.27. The third kappa shape index (κ3) is 5.51. The van der Waals surface area contributed by atoms with Crippen LogP contribution in [0.2, 0.25) is 0 Å². The van der Waals surface area contributed by atoms with E-state index < -0.39 is 18.2 Å². The molecule has 0 heterocycles. The molecule has 0 fully saturated rings. The smallest absolute Gasteiger partial charge is 0.406 e. The van der Waals surface area contributed by atoms with Crippen LogP contribution in [0, 0.1) is 6.92 Å². The van der Waals surface area contributed by atoms with Gasteiger partial charge in [0.05, 0.1) is 0 Å². The van der Waals surface area contributed by atoms with E-state index in [4.69, 9.17) is 5.73 Å². The first kappa shape index (κ1) is 19.3. The number of alkyl halides is 3. The van der Waals surface area contributed by atoms with E-state index in [1.807, 2.05) is 0 Å². The number of hydrogen-bond donors (Lipinski definition) is 2. The van der Waals surface area contributed by atoms with Gasteiger partial charge in [-0.25, -0.2) is 0 Å². The van der Waals surface area contributed by atoms with Gasteiger partial charge in [0.2, 0.25) is 11.8 Å². The molecule has 0 unspecified atom stereocenters. The van der Waals surface area contributed by atoms with Crippen molar-refractivity contribution in [3.05, 3.63) is 59.2 Å². The van der Waals surface area contributed by atoms with Crippen LogP contribution < -0.4 is 15.8 Å². The lowest BCUT2D eigenvalue weighted by Gasteiger charge is -2.13. The Morgan fingerprint density at radius 1 is 1.15 bits per heavy atom. The number of amides is 2. The van der Waals surface area contributed by atoms with E-state index in [1.165, 1.54) is 24.3 Å². The minimum atomic E-state index is -4.80. The lowest BCUT2D eigenvalue weighted by atomic mass is 10.1. The summed E-state index contributed by atoms with van der Waals surface area (Å²) in [6.45, 7) is 1.71. The summed E-state index contributed by atoms with van der Waals surface area (Å²) < 4.78 is 41.2. The number of hydrogen-bond acceptors (Lipinski definition) is 3. The minimum absolute atomic E-state index is 0.0575. The molecule has 2 amide bonds. The summed E-state index contributed by atoms with van der Waals surface area (Å²) in [5.41, 5.74) is 6.87. The van der Waals surface area contributed by atoms with Gasteiger partial charge in [0.25, 0.3) is 0 Å². The molecule has 0 aromatic heterocycles. The van der Waals surface area contributed by atoms with Crippen LogP contribution in [-0.4, -0.2) is 18.2 Å². The van der Waals surface area contributed by atoms with Gasteiger partial charge in [-0.3, -0.25) is 9.59 Å². The van der Waals surface area contributed by atoms with E-state index >= 15 is 0 Å². The van der Waals surface area contributed by atoms with Crippen molar-refractivity contribution in [1.29, 1.82) is 0 Å². The van der Waals surface area contributed by atoms with Gasteiger partial charge in [-0.2, -0.15) is 0 Å². The number of ether oxygens (including phenoxy) is 1. The Morgan fingerprint density at radius 2 is 1.85 bits per heavy atom. The van der Waals surface area contributed by atoms with Crippen molar-refractivity contribution < 1.29 is 27.5 Å². The van der Waals surface area contributed by atoms with Crippen molar-refractivity contribution in [2.75, 3.05) is 5.32 Å². The van der Waals surface area contributed by atoms with Gasteiger partial charge in [0, 0.05) is 17.7 Å². The molecule has 0 atom stereocenters. The van der Waals surface area contributed by atoms with Crippen LogP contribution in [0.15, 0.2) is 42.5 Å². The van der Waals surface area contributed by atoms with E-state index in [0.717, 1.165) is 0 Å². The second-order valence-corrected chi connectivity index (χ2v) is 5.60. The van der Waals surface area contributed by atoms with E-state index in [0.29, 0.717) is 11.3 Å². The monoisotopic (exact) mass is 366 g/mol. The molecule has 0 spiro atoms. The Labute approximate surface area is 148 Å². The Kier molecular flexibility index (Phi) is 5.86. The average Bonchev–Trinajstić information content (AvgIpc) is 2.54. The van der Waals surface area contributed by atoms with Crippen molar-refractivity contribution in [3.8, 4) is 5.75 Å². The summed E-state index contributed by atoms with van der Waals surface area (Å²) in [5, 5.41) is 2.59. The molecular weight excluding hydrogens is 349 g/mol.